The summed E-state index contributed by atoms with van der Waals surface area (Å²) in [4.78, 5) is 35.1. The van der Waals surface area contributed by atoms with E-state index in [-0.39, 0.29) is 22.7 Å². The number of benzene rings is 2. The Morgan fingerprint density at radius 3 is 2.22 bits per heavy atom. The number of halogens is 1. The van der Waals surface area contributed by atoms with Crippen LogP contribution >= 0.6 is 0 Å². The normalized spacial score (nSPS) is 12.1. The van der Waals surface area contributed by atoms with Crippen LogP contribution in [0.2, 0.25) is 0 Å². The van der Waals surface area contributed by atoms with Crippen molar-refractivity contribution in [1.29, 1.82) is 0 Å². The van der Waals surface area contributed by atoms with Crippen molar-refractivity contribution < 1.29 is 32.3 Å². The number of nitrogens with one attached hydrogen (secondary N) is 2. The van der Waals surface area contributed by atoms with Crippen molar-refractivity contribution in [3.05, 3.63) is 65.5 Å². The van der Waals surface area contributed by atoms with Crippen molar-refractivity contribution in [3.63, 3.8) is 0 Å². The molecule has 0 fully saturated rings. The Bertz CT molecular complexity index is 1050. The third-order valence-electron chi connectivity index (χ3n) is 4.66. The molecule has 0 aliphatic carbocycles. The fourth-order valence-electron chi connectivity index (χ4n) is 2.99. The van der Waals surface area contributed by atoms with Crippen LogP contribution in [0.3, 0.4) is 0 Å². The molecule has 0 saturated carbocycles. The number of carboxylic acids is 1. The molecule has 32 heavy (non-hydrogen) atoms. The zero-order chi connectivity index (χ0) is 23.7. The first-order valence-electron chi connectivity index (χ1n) is 10.0. The van der Waals surface area contributed by atoms with Crippen molar-refractivity contribution in [2.24, 2.45) is 0 Å². The first kappa shape index (κ1) is 25.0. The smallest absolute Gasteiger partial charge is 0.341 e. The predicted molar refractivity (Wildman–Crippen MR) is 116 cm³/mol. The molecule has 0 bridgehead atoms. The molecule has 2 aromatic rings. The molecule has 0 heterocycles. The van der Waals surface area contributed by atoms with Crippen LogP contribution in [0.4, 0.5) is 9.18 Å². The average Bonchev–Trinajstić information content (AvgIpc) is 2.74. The maximum absolute atomic E-state index is 12.9. The first-order chi connectivity index (χ1) is 15.1. The number of sulfone groups is 1. The SMILES string of the molecule is CCCC(CC(=O)O)NC(=O)S(=O)(=O)c1ccc(C(=O)NCCc2ccc(F)cc2)cc1. The second-order valence-corrected chi connectivity index (χ2v) is 9.02. The van der Waals surface area contributed by atoms with Crippen LogP contribution in [-0.2, 0) is 21.1 Å². The summed E-state index contributed by atoms with van der Waals surface area (Å²) in [5.41, 5.74) is 1.06. The van der Waals surface area contributed by atoms with E-state index in [1.54, 1.807) is 19.1 Å². The van der Waals surface area contributed by atoms with E-state index in [1.165, 1.54) is 24.3 Å². The zero-order valence-electron chi connectivity index (χ0n) is 17.5. The molecule has 172 valence electrons. The Morgan fingerprint density at radius 2 is 1.66 bits per heavy atom. The molecule has 2 rings (SSSR count). The van der Waals surface area contributed by atoms with Gasteiger partial charge in [0.15, 0.2) is 0 Å². The van der Waals surface area contributed by atoms with Gasteiger partial charge in [-0.2, -0.15) is 0 Å². The molecule has 2 aromatic carbocycles. The number of carboxylic acid groups (broad SMARTS) is 1. The third kappa shape index (κ3) is 7.16. The largest absolute Gasteiger partial charge is 0.481 e. The van der Waals surface area contributed by atoms with Gasteiger partial charge < -0.3 is 15.7 Å². The standard InChI is InChI=1S/C22H25FN2O6S/c1-2-3-18(14-20(26)27)25-22(29)32(30,31)19-10-6-16(7-11-19)21(28)24-13-12-15-4-8-17(23)9-5-15/h4-11,18H,2-3,12-14H2,1H3,(H,24,28)(H,25,29)(H,26,27). The molecule has 10 heteroatoms. The van der Waals surface area contributed by atoms with Crippen molar-refractivity contribution in [2.45, 2.75) is 43.5 Å². The van der Waals surface area contributed by atoms with E-state index in [0.717, 1.165) is 17.7 Å². The van der Waals surface area contributed by atoms with E-state index in [0.29, 0.717) is 25.8 Å². The number of hydrogen-bond acceptors (Lipinski definition) is 5. The van der Waals surface area contributed by atoms with Crippen LogP contribution < -0.4 is 10.6 Å². The van der Waals surface area contributed by atoms with Gasteiger partial charge in [0.1, 0.15) is 5.82 Å². The van der Waals surface area contributed by atoms with Crippen molar-refractivity contribution >= 4 is 27.0 Å². The van der Waals surface area contributed by atoms with Gasteiger partial charge in [-0.25, -0.2) is 12.8 Å². The van der Waals surface area contributed by atoms with Gasteiger partial charge in [0.05, 0.1) is 11.3 Å². The molecule has 2 amide bonds. The molecular weight excluding hydrogens is 439 g/mol. The Kier molecular flexibility index (Phi) is 8.89. The quantitative estimate of drug-likeness (QED) is 0.496. The van der Waals surface area contributed by atoms with E-state index >= 15 is 0 Å². The molecule has 0 aromatic heterocycles. The van der Waals surface area contributed by atoms with Gasteiger partial charge >= 0.3 is 11.2 Å². The van der Waals surface area contributed by atoms with E-state index < -0.39 is 33.0 Å². The lowest BCUT2D eigenvalue weighted by Gasteiger charge is -2.16. The van der Waals surface area contributed by atoms with Crippen molar-refractivity contribution in [3.8, 4) is 0 Å². The summed E-state index contributed by atoms with van der Waals surface area (Å²) in [6.45, 7) is 2.09. The van der Waals surface area contributed by atoms with E-state index in [2.05, 4.69) is 10.6 Å². The van der Waals surface area contributed by atoms with Gasteiger partial charge in [0.2, 0.25) is 0 Å². The molecule has 1 atom stereocenters. The molecule has 8 nitrogen and oxygen atoms in total. The van der Waals surface area contributed by atoms with Gasteiger partial charge in [-0.1, -0.05) is 25.5 Å². The van der Waals surface area contributed by atoms with Crippen LogP contribution in [0.15, 0.2) is 53.4 Å². The molecule has 1 unspecified atom stereocenters. The zero-order valence-corrected chi connectivity index (χ0v) is 18.3. The van der Waals surface area contributed by atoms with Crippen molar-refractivity contribution in [1.82, 2.24) is 10.6 Å². The van der Waals surface area contributed by atoms with Gasteiger partial charge in [0, 0.05) is 18.2 Å². The third-order valence-corrected chi connectivity index (χ3v) is 6.16. The summed E-state index contributed by atoms with van der Waals surface area (Å²) < 4.78 is 37.9. The summed E-state index contributed by atoms with van der Waals surface area (Å²) >= 11 is 0. The molecule has 3 N–H and O–H groups in total. The van der Waals surface area contributed by atoms with Crippen LogP contribution in [0.1, 0.15) is 42.1 Å². The lowest BCUT2D eigenvalue weighted by atomic mass is 10.1. The minimum Gasteiger partial charge on any atom is -0.481 e. The Morgan fingerprint density at radius 1 is 1.03 bits per heavy atom. The lowest BCUT2D eigenvalue weighted by Crippen LogP contribution is -2.39. The van der Waals surface area contributed by atoms with E-state index in [9.17, 15) is 27.2 Å². The Labute approximate surface area is 185 Å². The van der Waals surface area contributed by atoms with Crippen molar-refractivity contribution in [2.75, 3.05) is 6.54 Å². The van der Waals surface area contributed by atoms with Crippen LogP contribution in [-0.4, -0.2) is 43.2 Å². The highest BCUT2D eigenvalue weighted by atomic mass is 32.2. The van der Waals surface area contributed by atoms with Crippen LogP contribution in [0.5, 0.6) is 0 Å². The minimum atomic E-state index is -4.39. The number of amides is 2. The van der Waals surface area contributed by atoms with E-state index in [1.807, 2.05) is 0 Å². The highest BCUT2D eigenvalue weighted by Crippen LogP contribution is 2.15. The Hall–Kier alpha value is -3.27. The molecule has 0 aliphatic heterocycles. The average molecular weight is 465 g/mol. The number of carbonyl (C=O) groups is 3. The Balaban J connectivity index is 1.98. The summed E-state index contributed by atoms with van der Waals surface area (Å²) in [6, 6.07) is 9.97. The van der Waals surface area contributed by atoms with Gasteiger partial charge in [-0.3, -0.25) is 14.4 Å². The topological polar surface area (TPSA) is 130 Å². The molecular formula is C22H25FN2O6S. The van der Waals surface area contributed by atoms with E-state index in [4.69, 9.17) is 5.11 Å². The molecule has 0 saturated heterocycles. The number of rotatable bonds is 10. The fraction of sp³-hybridized carbons (Fsp3) is 0.318. The monoisotopic (exact) mass is 464 g/mol. The highest BCUT2D eigenvalue weighted by Gasteiger charge is 2.28. The second-order valence-electron chi connectivity index (χ2n) is 7.18. The highest BCUT2D eigenvalue weighted by molar-refractivity contribution is 8.06. The summed E-state index contributed by atoms with van der Waals surface area (Å²) in [5, 5.41) is 12.6. The maximum atomic E-state index is 12.9. The van der Waals surface area contributed by atoms with Crippen LogP contribution in [0.25, 0.3) is 0 Å². The molecule has 0 spiro atoms. The molecule has 0 radical (unpaired) electrons. The number of carbonyl (C=O) groups excluding carboxylic acids is 2. The van der Waals surface area contributed by atoms with Crippen LogP contribution in [0, 0.1) is 5.82 Å². The lowest BCUT2D eigenvalue weighted by molar-refractivity contribution is -0.137. The molecule has 0 aliphatic rings. The second kappa shape index (κ2) is 11.4. The summed E-state index contributed by atoms with van der Waals surface area (Å²) in [7, 11) is -4.39. The minimum absolute atomic E-state index is 0.207. The fourth-order valence-corrected chi connectivity index (χ4v) is 4.03. The predicted octanol–water partition coefficient (Wildman–Crippen LogP) is 2.92. The first-order valence-corrected chi connectivity index (χ1v) is 11.5. The summed E-state index contributed by atoms with van der Waals surface area (Å²) in [5.74, 6) is -1.91. The number of hydrogen-bond donors (Lipinski definition) is 3. The summed E-state index contributed by atoms with van der Waals surface area (Å²) in [6.07, 6.45) is 1.01. The van der Waals surface area contributed by atoms with Gasteiger partial charge in [-0.15, -0.1) is 0 Å². The maximum Gasteiger partial charge on any atom is 0.341 e. The van der Waals surface area contributed by atoms with Gasteiger partial charge in [-0.05, 0) is 54.8 Å². The van der Waals surface area contributed by atoms with Gasteiger partial charge in [0.25, 0.3) is 15.7 Å². The number of aliphatic carboxylic acids is 1.